The molecule has 0 N–H and O–H groups in total. The second kappa shape index (κ2) is 9.95. The highest BCUT2D eigenvalue weighted by Gasteiger charge is 2.30. The third-order valence-electron chi connectivity index (χ3n) is 5.15. The Morgan fingerprint density at radius 2 is 1.53 bits per heavy atom. The molecule has 30 heavy (non-hydrogen) atoms. The Balaban J connectivity index is 1.52. The fourth-order valence-corrected chi connectivity index (χ4v) is 4.83. The first kappa shape index (κ1) is 22.1. The standard InChI is InChI=1S/C22H28N2O5S/c1-3-29-20-9-11-21(12-10-20)30(26,27)24-16-14-23(15-17-24)22(25)13-6-18-4-7-19(28-2)8-5-18/h4-5,7-12H,3,6,13-17H2,1-2H3. The van der Waals surface area contributed by atoms with E-state index in [2.05, 4.69) is 0 Å². The number of rotatable bonds is 8. The summed E-state index contributed by atoms with van der Waals surface area (Å²) in [5.41, 5.74) is 1.07. The second-order valence-corrected chi connectivity index (χ2v) is 8.98. The maximum atomic E-state index is 12.9. The average Bonchev–Trinajstić information content (AvgIpc) is 2.78. The summed E-state index contributed by atoms with van der Waals surface area (Å²) in [5.74, 6) is 1.47. The van der Waals surface area contributed by atoms with Gasteiger partial charge >= 0.3 is 0 Å². The molecule has 1 aliphatic rings. The lowest BCUT2D eigenvalue weighted by atomic mass is 10.1. The van der Waals surface area contributed by atoms with Crippen LogP contribution < -0.4 is 9.47 Å². The summed E-state index contributed by atoms with van der Waals surface area (Å²) < 4.78 is 37.7. The molecule has 1 saturated heterocycles. The van der Waals surface area contributed by atoms with Crippen LogP contribution in [0.4, 0.5) is 0 Å². The van der Waals surface area contributed by atoms with Gasteiger partial charge < -0.3 is 14.4 Å². The van der Waals surface area contributed by atoms with E-state index in [1.807, 2.05) is 31.2 Å². The van der Waals surface area contributed by atoms with E-state index in [9.17, 15) is 13.2 Å². The Labute approximate surface area is 178 Å². The minimum Gasteiger partial charge on any atom is -0.497 e. The molecule has 1 amide bonds. The van der Waals surface area contributed by atoms with Crippen LogP contribution in [0, 0.1) is 0 Å². The van der Waals surface area contributed by atoms with Crippen molar-refractivity contribution in [1.29, 1.82) is 0 Å². The van der Waals surface area contributed by atoms with E-state index in [4.69, 9.17) is 9.47 Å². The molecule has 0 aliphatic carbocycles. The maximum absolute atomic E-state index is 12.9. The van der Waals surface area contributed by atoms with Crippen molar-refractivity contribution in [3.8, 4) is 11.5 Å². The number of amides is 1. The van der Waals surface area contributed by atoms with E-state index in [0.717, 1.165) is 11.3 Å². The van der Waals surface area contributed by atoms with Crippen LogP contribution in [0.5, 0.6) is 11.5 Å². The van der Waals surface area contributed by atoms with Crippen molar-refractivity contribution in [2.75, 3.05) is 39.9 Å². The molecule has 7 nitrogen and oxygen atoms in total. The van der Waals surface area contributed by atoms with Crippen molar-refractivity contribution in [2.45, 2.75) is 24.7 Å². The van der Waals surface area contributed by atoms with Crippen LogP contribution in [0.3, 0.4) is 0 Å². The molecule has 1 aliphatic heterocycles. The van der Waals surface area contributed by atoms with Crippen LogP contribution in [0.2, 0.25) is 0 Å². The first-order valence-electron chi connectivity index (χ1n) is 10.1. The van der Waals surface area contributed by atoms with Crippen molar-refractivity contribution in [3.05, 3.63) is 54.1 Å². The van der Waals surface area contributed by atoms with Crippen LogP contribution >= 0.6 is 0 Å². The van der Waals surface area contributed by atoms with Crippen molar-refractivity contribution >= 4 is 15.9 Å². The predicted molar refractivity (Wildman–Crippen MR) is 114 cm³/mol. The minimum atomic E-state index is -3.58. The highest BCUT2D eigenvalue weighted by atomic mass is 32.2. The topological polar surface area (TPSA) is 76.2 Å². The lowest BCUT2D eigenvalue weighted by molar-refractivity contribution is -0.132. The number of piperazine rings is 1. The highest BCUT2D eigenvalue weighted by molar-refractivity contribution is 7.89. The number of nitrogens with zero attached hydrogens (tertiary/aromatic N) is 2. The van der Waals surface area contributed by atoms with Crippen LogP contribution in [-0.4, -0.2) is 63.4 Å². The zero-order valence-electron chi connectivity index (χ0n) is 17.4. The fourth-order valence-electron chi connectivity index (χ4n) is 3.40. The molecule has 162 valence electrons. The molecule has 0 radical (unpaired) electrons. The quantitative estimate of drug-likeness (QED) is 0.641. The van der Waals surface area contributed by atoms with E-state index >= 15 is 0 Å². The first-order chi connectivity index (χ1) is 14.4. The summed E-state index contributed by atoms with van der Waals surface area (Å²) in [7, 11) is -1.96. The molecule has 1 heterocycles. The van der Waals surface area contributed by atoms with Gasteiger partial charge in [-0.3, -0.25) is 4.79 Å². The molecule has 0 unspecified atom stereocenters. The molecule has 0 saturated carbocycles. The molecular formula is C22H28N2O5S. The minimum absolute atomic E-state index is 0.0453. The van der Waals surface area contributed by atoms with Crippen LogP contribution in [0.1, 0.15) is 18.9 Å². The van der Waals surface area contributed by atoms with E-state index in [1.165, 1.54) is 4.31 Å². The summed E-state index contributed by atoms with van der Waals surface area (Å²) in [6.45, 7) is 3.80. The van der Waals surface area contributed by atoms with E-state index in [-0.39, 0.29) is 10.8 Å². The molecule has 2 aromatic rings. The smallest absolute Gasteiger partial charge is 0.243 e. The largest absolute Gasteiger partial charge is 0.497 e. The number of aryl methyl sites for hydroxylation is 1. The number of benzene rings is 2. The average molecular weight is 433 g/mol. The molecule has 0 spiro atoms. The number of carbonyl (C=O) groups is 1. The van der Waals surface area contributed by atoms with Gasteiger partial charge in [-0.15, -0.1) is 0 Å². The van der Waals surface area contributed by atoms with Gasteiger partial charge in [-0.05, 0) is 55.3 Å². The first-order valence-corrected chi connectivity index (χ1v) is 11.5. The number of hydrogen-bond acceptors (Lipinski definition) is 5. The summed E-state index contributed by atoms with van der Waals surface area (Å²) in [6, 6.07) is 14.1. The van der Waals surface area contributed by atoms with Crippen molar-refractivity contribution in [3.63, 3.8) is 0 Å². The third-order valence-corrected chi connectivity index (χ3v) is 7.06. The van der Waals surface area contributed by atoms with Gasteiger partial charge in [-0.25, -0.2) is 8.42 Å². The number of hydrogen-bond donors (Lipinski definition) is 0. The molecule has 3 rings (SSSR count). The van der Waals surface area contributed by atoms with E-state index in [0.29, 0.717) is 51.4 Å². The maximum Gasteiger partial charge on any atom is 0.243 e. The monoisotopic (exact) mass is 432 g/mol. The van der Waals surface area contributed by atoms with E-state index in [1.54, 1.807) is 36.3 Å². The lowest BCUT2D eigenvalue weighted by Gasteiger charge is -2.34. The summed E-state index contributed by atoms with van der Waals surface area (Å²) in [6.07, 6.45) is 1.05. The lowest BCUT2D eigenvalue weighted by Crippen LogP contribution is -2.50. The summed E-state index contributed by atoms with van der Waals surface area (Å²) in [5, 5.41) is 0. The molecular weight excluding hydrogens is 404 g/mol. The molecule has 0 aromatic heterocycles. The molecule has 8 heteroatoms. The molecule has 2 aromatic carbocycles. The predicted octanol–water partition coefficient (Wildman–Crippen LogP) is 2.56. The van der Waals surface area contributed by atoms with Gasteiger partial charge in [0.25, 0.3) is 0 Å². The summed E-state index contributed by atoms with van der Waals surface area (Å²) >= 11 is 0. The van der Waals surface area contributed by atoms with Crippen LogP contribution in [0.15, 0.2) is 53.4 Å². The normalized spacial score (nSPS) is 15.1. The van der Waals surface area contributed by atoms with Gasteiger partial charge in [-0.1, -0.05) is 12.1 Å². The number of sulfonamides is 1. The zero-order valence-corrected chi connectivity index (χ0v) is 18.2. The van der Waals surface area contributed by atoms with Gasteiger partial charge in [0.15, 0.2) is 0 Å². The van der Waals surface area contributed by atoms with Crippen molar-refractivity contribution in [1.82, 2.24) is 9.21 Å². The Morgan fingerprint density at radius 1 is 0.933 bits per heavy atom. The molecule has 0 bridgehead atoms. The third kappa shape index (κ3) is 5.31. The molecule has 0 atom stereocenters. The zero-order chi connectivity index (χ0) is 21.6. The second-order valence-electron chi connectivity index (χ2n) is 7.04. The SMILES string of the molecule is CCOc1ccc(S(=O)(=O)N2CCN(C(=O)CCc3ccc(OC)cc3)CC2)cc1. The number of methoxy groups -OCH3 is 1. The Morgan fingerprint density at radius 3 is 2.10 bits per heavy atom. The molecule has 1 fully saturated rings. The van der Waals surface area contributed by atoms with Crippen molar-refractivity contribution in [2.24, 2.45) is 0 Å². The van der Waals surface area contributed by atoms with Gasteiger partial charge in [0.05, 0.1) is 18.6 Å². The van der Waals surface area contributed by atoms with Crippen LogP contribution in [-0.2, 0) is 21.2 Å². The Hall–Kier alpha value is -2.58. The Bertz CT molecular complexity index is 934. The number of carbonyl (C=O) groups excluding carboxylic acids is 1. The van der Waals surface area contributed by atoms with Crippen LogP contribution in [0.25, 0.3) is 0 Å². The van der Waals surface area contributed by atoms with Gasteiger partial charge in [0.2, 0.25) is 15.9 Å². The Kier molecular flexibility index (Phi) is 7.33. The van der Waals surface area contributed by atoms with Gasteiger partial charge in [0.1, 0.15) is 11.5 Å². The van der Waals surface area contributed by atoms with Gasteiger partial charge in [0, 0.05) is 32.6 Å². The van der Waals surface area contributed by atoms with Crippen molar-refractivity contribution < 1.29 is 22.7 Å². The van der Waals surface area contributed by atoms with E-state index < -0.39 is 10.0 Å². The fraction of sp³-hybridized carbons (Fsp3) is 0.409. The van der Waals surface area contributed by atoms with Gasteiger partial charge in [-0.2, -0.15) is 4.31 Å². The number of ether oxygens (including phenoxy) is 2. The highest BCUT2D eigenvalue weighted by Crippen LogP contribution is 2.21. The summed E-state index contributed by atoms with van der Waals surface area (Å²) in [4.78, 5) is 14.5.